The first-order valence-corrected chi connectivity index (χ1v) is 8.23. The van der Waals surface area contributed by atoms with Gasteiger partial charge in [0.15, 0.2) is 0 Å². The molecule has 0 fully saturated rings. The smallest absolute Gasteiger partial charge is 0.0722 e. The van der Waals surface area contributed by atoms with Gasteiger partial charge in [0, 0.05) is 6.42 Å². The molecule has 1 radical (unpaired) electrons. The third kappa shape index (κ3) is 1.61. The van der Waals surface area contributed by atoms with Gasteiger partial charge in [-0.2, -0.15) is 0 Å². The van der Waals surface area contributed by atoms with Crippen LogP contribution in [-0.4, -0.2) is 8.07 Å². The van der Waals surface area contributed by atoms with E-state index < -0.39 is 8.07 Å². The molecule has 1 heteroatoms. The van der Waals surface area contributed by atoms with Crippen LogP contribution in [0.25, 0.3) is 6.08 Å². The van der Waals surface area contributed by atoms with Crippen molar-refractivity contribution in [1.82, 2.24) is 0 Å². The largest absolute Gasteiger partial charge is 0.0733 e. The molecule has 0 saturated heterocycles. The highest BCUT2D eigenvalue weighted by Gasteiger charge is 2.24. The molecule has 0 heterocycles. The predicted molar refractivity (Wildman–Crippen MR) is 61.2 cm³/mol. The normalized spacial score (nSPS) is 15.5. The fourth-order valence-electron chi connectivity index (χ4n) is 1.58. The Hall–Kier alpha value is -0.823. The zero-order chi connectivity index (χ0) is 9.47. The van der Waals surface area contributed by atoms with Gasteiger partial charge in [0.25, 0.3) is 0 Å². The van der Waals surface area contributed by atoms with Crippen molar-refractivity contribution >= 4 is 14.1 Å². The second-order valence-corrected chi connectivity index (χ2v) is 9.70. The molecule has 0 bridgehead atoms. The standard InChI is InChI=1S/C12H15Si/c1-13(2,3)12-8-10-6-4-5-7-11(10)9-12/h4-9H,1-3H3. The van der Waals surface area contributed by atoms with Crippen molar-refractivity contribution in [3.63, 3.8) is 0 Å². The lowest BCUT2D eigenvalue weighted by Crippen LogP contribution is -2.22. The number of hydrogen-bond donors (Lipinski definition) is 0. The molecule has 1 aromatic carbocycles. The number of benzene rings is 1. The minimum atomic E-state index is -1.12. The summed E-state index contributed by atoms with van der Waals surface area (Å²) in [4.78, 5) is 0. The fourth-order valence-corrected chi connectivity index (χ4v) is 2.76. The minimum Gasteiger partial charge on any atom is -0.0722 e. The van der Waals surface area contributed by atoms with Crippen LogP contribution in [0.1, 0.15) is 11.1 Å². The van der Waals surface area contributed by atoms with Crippen LogP contribution in [0.2, 0.25) is 19.6 Å². The van der Waals surface area contributed by atoms with Gasteiger partial charge in [0.2, 0.25) is 0 Å². The molecular weight excluding hydrogens is 172 g/mol. The van der Waals surface area contributed by atoms with E-state index >= 15 is 0 Å². The monoisotopic (exact) mass is 187 g/mol. The van der Waals surface area contributed by atoms with E-state index in [0.717, 1.165) is 0 Å². The molecule has 0 nitrogen and oxygen atoms in total. The average molecular weight is 187 g/mol. The zero-order valence-electron chi connectivity index (χ0n) is 8.46. The molecule has 67 valence electrons. The Morgan fingerprint density at radius 3 is 2.08 bits per heavy atom. The van der Waals surface area contributed by atoms with E-state index in [4.69, 9.17) is 0 Å². The van der Waals surface area contributed by atoms with E-state index in [1.54, 1.807) is 5.20 Å². The van der Waals surface area contributed by atoms with Crippen molar-refractivity contribution in [2.24, 2.45) is 0 Å². The molecule has 0 saturated carbocycles. The molecule has 1 aliphatic carbocycles. The predicted octanol–water partition coefficient (Wildman–Crippen LogP) is 3.51. The second kappa shape index (κ2) is 2.84. The van der Waals surface area contributed by atoms with Crippen molar-refractivity contribution in [2.75, 3.05) is 0 Å². The summed E-state index contributed by atoms with van der Waals surface area (Å²) in [5.74, 6) is 0. The molecule has 0 unspecified atom stereocenters. The lowest BCUT2D eigenvalue weighted by Gasteiger charge is -2.16. The second-order valence-electron chi connectivity index (χ2n) is 4.62. The summed E-state index contributed by atoms with van der Waals surface area (Å²) in [6.45, 7) is 7.17. The van der Waals surface area contributed by atoms with Gasteiger partial charge >= 0.3 is 0 Å². The molecule has 0 spiro atoms. The maximum Gasteiger partial charge on any atom is 0.0733 e. The van der Waals surface area contributed by atoms with Gasteiger partial charge in [-0.15, -0.1) is 0 Å². The zero-order valence-corrected chi connectivity index (χ0v) is 9.46. The summed E-state index contributed by atoms with van der Waals surface area (Å²) >= 11 is 0. The molecular formula is C12H15Si. The lowest BCUT2D eigenvalue weighted by atomic mass is 10.1. The topological polar surface area (TPSA) is 0 Å². The van der Waals surface area contributed by atoms with E-state index in [-0.39, 0.29) is 0 Å². The first-order chi connectivity index (χ1) is 6.07. The van der Waals surface area contributed by atoms with Gasteiger partial charge in [-0.25, -0.2) is 0 Å². The van der Waals surface area contributed by atoms with Gasteiger partial charge < -0.3 is 0 Å². The van der Waals surface area contributed by atoms with E-state index in [2.05, 4.69) is 56.4 Å². The number of fused-ring (bicyclic) bond motifs is 1. The van der Waals surface area contributed by atoms with Crippen LogP contribution in [-0.2, 0) is 0 Å². The molecule has 1 aliphatic rings. The van der Waals surface area contributed by atoms with E-state index in [9.17, 15) is 0 Å². The van der Waals surface area contributed by atoms with Crippen LogP contribution in [0.4, 0.5) is 0 Å². The summed E-state index contributed by atoms with van der Waals surface area (Å²) in [5, 5.41) is 1.56. The molecule has 0 amide bonds. The number of hydrogen-bond acceptors (Lipinski definition) is 0. The Morgan fingerprint density at radius 1 is 0.923 bits per heavy atom. The van der Waals surface area contributed by atoms with Crippen LogP contribution in [0.3, 0.4) is 0 Å². The van der Waals surface area contributed by atoms with Crippen LogP contribution in [0.5, 0.6) is 0 Å². The molecule has 13 heavy (non-hydrogen) atoms. The highest BCUT2D eigenvalue weighted by molar-refractivity contribution is 6.84. The summed E-state index contributed by atoms with van der Waals surface area (Å²) in [6.07, 6.45) is 4.70. The van der Waals surface area contributed by atoms with Crippen molar-refractivity contribution in [1.29, 1.82) is 0 Å². The van der Waals surface area contributed by atoms with Crippen LogP contribution >= 0.6 is 0 Å². The maximum absolute atomic E-state index is 2.39. The van der Waals surface area contributed by atoms with Gasteiger partial charge in [-0.1, -0.05) is 55.2 Å². The van der Waals surface area contributed by atoms with Gasteiger partial charge in [-0.05, 0) is 11.1 Å². The van der Waals surface area contributed by atoms with Crippen molar-refractivity contribution in [3.8, 4) is 0 Å². The van der Waals surface area contributed by atoms with Crippen LogP contribution in [0.15, 0.2) is 29.5 Å². The lowest BCUT2D eigenvalue weighted by molar-refractivity contribution is 1.51. The Labute approximate surface area is 81.3 Å². The van der Waals surface area contributed by atoms with Gasteiger partial charge in [0.05, 0.1) is 8.07 Å². The van der Waals surface area contributed by atoms with Crippen molar-refractivity contribution in [3.05, 3.63) is 47.0 Å². The average Bonchev–Trinajstić information content (AvgIpc) is 2.45. The fraction of sp³-hybridized carbons (Fsp3) is 0.250. The summed E-state index contributed by atoms with van der Waals surface area (Å²) in [7, 11) is -1.12. The number of allylic oxidation sites excluding steroid dienone is 1. The summed E-state index contributed by atoms with van der Waals surface area (Å²) in [6, 6.07) is 8.60. The molecule has 1 aromatic rings. The minimum absolute atomic E-state index is 1.12. The van der Waals surface area contributed by atoms with Gasteiger partial charge in [0.1, 0.15) is 0 Å². The van der Waals surface area contributed by atoms with Crippen LogP contribution < -0.4 is 0 Å². The molecule has 2 rings (SSSR count). The highest BCUT2D eigenvalue weighted by atomic mass is 28.3. The highest BCUT2D eigenvalue weighted by Crippen LogP contribution is 2.31. The Morgan fingerprint density at radius 2 is 1.54 bits per heavy atom. The van der Waals surface area contributed by atoms with Gasteiger partial charge in [-0.3, -0.25) is 0 Å². The Balaban J connectivity index is 2.37. The third-order valence-electron chi connectivity index (χ3n) is 2.48. The van der Waals surface area contributed by atoms with Crippen molar-refractivity contribution in [2.45, 2.75) is 19.6 Å². The van der Waals surface area contributed by atoms with Crippen LogP contribution in [0, 0.1) is 6.42 Å². The first-order valence-electron chi connectivity index (χ1n) is 4.73. The first kappa shape index (κ1) is 8.76. The summed E-state index contributed by atoms with van der Waals surface area (Å²) < 4.78 is 0. The molecule has 0 aliphatic heterocycles. The Kier molecular flexibility index (Phi) is 1.92. The third-order valence-corrected chi connectivity index (χ3v) is 4.50. The van der Waals surface area contributed by atoms with E-state index in [1.807, 2.05) is 0 Å². The maximum atomic E-state index is 2.39. The Bertz CT molecular complexity index is 356. The van der Waals surface area contributed by atoms with E-state index in [1.165, 1.54) is 11.1 Å². The quantitative estimate of drug-likeness (QED) is 0.590. The van der Waals surface area contributed by atoms with Crippen molar-refractivity contribution < 1.29 is 0 Å². The number of rotatable bonds is 1. The SMILES string of the molecule is C[Si](C)(C)C1=Cc2ccccc2[CH]1. The summed E-state index contributed by atoms with van der Waals surface area (Å²) in [5.41, 5.74) is 2.78. The van der Waals surface area contributed by atoms with E-state index in [0.29, 0.717) is 0 Å². The molecule has 0 atom stereocenters. The molecule has 0 aromatic heterocycles. The molecule has 0 N–H and O–H groups in total.